The van der Waals surface area contributed by atoms with Crippen molar-refractivity contribution in [3.05, 3.63) is 76.0 Å². The zero-order valence-corrected chi connectivity index (χ0v) is 20.1. The first-order chi connectivity index (χ1) is 16.0. The van der Waals surface area contributed by atoms with Crippen molar-refractivity contribution in [3.63, 3.8) is 0 Å². The van der Waals surface area contributed by atoms with Crippen LogP contribution in [0.1, 0.15) is 46.1 Å². The van der Waals surface area contributed by atoms with Gasteiger partial charge >= 0.3 is 0 Å². The van der Waals surface area contributed by atoms with Crippen molar-refractivity contribution in [2.24, 2.45) is 0 Å². The van der Waals surface area contributed by atoms with Crippen LogP contribution in [0.25, 0.3) is 0 Å². The number of sulfonamides is 1. The predicted molar refractivity (Wildman–Crippen MR) is 130 cm³/mol. The lowest BCUT2D eigenvalue weighted by atomic mass is 10.0. The fraction of sp³-hybridized carbons (Fsp3) is 0.320. The number of aryl methyl sites for hydroxylation is 1. The molecule has 1 saturated heterocycles. The van der Waals surface area contributed by atoms with E-state index in [0.717, 1.165) is 36.1 Å². The molecule has 2 aliphatic heterocycles. The summed E-state index contributed by atoms with van der Waals surface area (Å²) in [5.41, 5.74) is 2.07. The van der Waals surface area contributed by atoms with E-state index in [9.17, 15) is 13.2 Å². The number of para-hydroxylation sites is 1. The lowest BCUT2D eigenvalue weighted by Crippen LogP contribution is -2.36. The largest absolute Gasteiger partial charge is 0.495 e. The van der Waals surface area contributed by atoms with Gasteiger partial charge in [-0.3, -0.25) is 9.10 Å². The molecule has 0 N–H and O–H groups in total. The minimum absolute atomic E-state index is 0.0272. The molecular formula is C25H26N2O4S2. The molecule has 0 aliphatic carbocycles. The maximum atomic E-state index is 13.8. The summed E-state index contributed by atoms with van der Waals surface area (Å²) in [6, 6.07) is 16.4. The predicted octanol–water partition coefficient (Wildman–Crippen LogP) is 4.88. The van der Waals surface area contributed by atoms with Crippen molar-refractivity contribution in [1.29, 1.82) is 0 Å². The number of benzene rings is 2. The molecule has 6 nitrogen and oxygen atoms in total. The lowest BCUT2D eigenvalue weighted by molar-refractivity contribution is 0.0737. The highest BCUT2D eigenvalue weighted by molar-refractivity contribution is 7.93. The Bertz CT molecular complexity index is 1270. The molecule has 1 amide bonds. The van der Waals surface area contributed by atoms with Crippen LogP contribution >= 0.6 is 11.3 Å². The van der Waals surface area contributed by atoms with Gasteiger partial charge in [0.1, 0.15) is 10.6 Å². The van der Waals surface area contributed by atoms with E-state index in [1.165, 1.54) is 17.5 Å². The fourth-order valence-electron chi connectivity index (χ4n) is 4.83. The molecule has 0 unspecified atom stereocenters. The molecule has 3 aromatic rings. The highest BCUT2D eigenvalue weighted by atomic mass is 32.2. The van der Waals surface area contributed by atoms with Crippen molar-refractivity contribution in [3.8, 4) is 5.75 Å². The van der Waals surface area contributed by atoms with Gasteiger partial charge in [-0.05, 0) is 67.0 Å². The normalized spacial score (nSPS) is 18.3. The number of ether oxygens (including phenoxy) is 1. The van der Waals surface area contributed by atoms with Crippen LogP contribution in [-0.2, 0) is 16.4 Å². The van der Waals surface area contributed by atoms with Gasteiger partial charge in [-0.25, -0.2) is 8.42 Å². The first-order valence-corrected chi connectivity index (χ1v) is 13.5. The Labute approximate surface area is 198 Å². The van der Waals surface area contributed by atoms with Crippen molar-refractivity contribution < 1.29 is 17.9 Å². The first-order valence-electron chi connectivity index (χ1n) is 11.1. The number of amides is 1. The molecule has 0 radical (unpaired) electrons. The molecule has 172 valence electrons. The third-order valence-electron chi connectivity index (χ3n) is 6.43. The molecule has 2 aliphatic rings. The number of likely N-dealkylation sites (tertiary alicyclic amines) is 1. The van der Waals surface area contributed by atoms with Crippen LogP contribution in [-0.4, -0.2) is 39.4 Å². The molecule has 0 bridgehead atoms. The molecule has 1 atom stereocenters. The van der Waals surface area contributed by atoms with Crippen molar-refractivity contribution in [2.45, 2.75) is 36.6 Å². The number of carbonyl (C=O) groups is 1. The minimum atomic E-state index is -3.91. The minimum Gasteiger partial charge on any atom is -0.495 e. The molecule has 33 heavy (non-hydrogen) atoms. The molecule has 2 aromatic carbocycles. The highest BCUT2D eigenvalue weighted by Gasteiger charge is 2.34. The summed E-state index contributed by atoms with van der Waals surface area (Å²) >= 11 is 1.65. The summed E-state index contributed by atoms with van der Waals surface area (Å²) in [6.45, 7) is 1.06. The molecule has 0 spiro atoms. The van der Waals surface area contributed by atoms with Gasteiger partial charge in [0.05, 0.1) is 18.8 Å². The van der Waals surface area contributed by atoms with Gasteiger partial charge in [0.2, 0.25) is 0 Å². The van der Waals surface area contributed by atoms with Crippen LogP contribution in [0.15, 0.2) is 64.9 Å². The monoisotopic (exact) mass is 482 g/mol. The third kappa shape index (κ3) is 3.91. The average molecular weight is 483 g/mol. The van der Waals surface area contributed by atoms with E-state index in [1.54, 1.807) is 23.5 Å². The fourth-order valence-corrected chi connectivity index (χ4v) is 7.43. The number of carbonyl (C=O) groups excluding carboxylic acids is 1. The second-order valence-corrected chi connectivity index (χ2v) is 11.2. The third-order valence-corrected chi connectivity index (χ3v) is 9.24. The van der Waals surface area contributed by atoms with Gasteiger partial charge in [0, 0.05) is 23.5 Å². The summed E-state index contributed by atoms with van der Waals surface area (Å²) in [5, 5.41) is 2.02. The van der Waals surface area contributed by atoms with E-state index in [1.807, 2.05) is 40.6 Å². The van der Waals surface area contributed by atoms with Crippen LogP contribution in [0.2, 0.25) is 0 Å². The maximum Gasteiger partial charge on any atom is 0.268 e. The Morgan fingerprint density at radius 2 is 1.91 bits per heavy atom. The number of hydrogen-bond acceptors (Lipinski definition) is 5. The molecule has 0 saturated carbocycles. The Hall–Kier alpha value is -2.84. The van der Waals surface area contributed by atoms with Crippen LogP contribution in [0.5, 0.6) is 5.75 Å². The molecule has 5 rings (SSSR count). The van der Waals surface area contributed by atoms with Gasteiger partial charge in [-0.2, -0.15) is 0 Å². The highest BCUT2D eigenvalue weighted by Crippen LogP contribution is 2.38. The zero-order chi connectivity index (χ0) is 23.0. The van der Waals surface area contributed by atoms with Gasteiger partial charge < -0.3 is 9.64 Å². The molecule has 1 fully saturated rings. The van der Waals surface area contributed by atoms with Crippen molar-refractivity contribution in [1.82, 2.24) is 4.90 Å². The Kier molecular flexibility index (Phi) is 5.88. The van der Waals surface area contributed by atoms with Gasteiger partial charge in [0.15, 0.2) is 0 Å². The number of rotatable bonds is 5. The summed E-state index contributed by atoms with van der Waals surface area (Å²) in [5.74, 6) is 0.0925. The Balaban J connectivity index is 1.52. The topological polar surface area (TPSA) is 66.9 Å². The summed E-state index contributed by atoms with van der Waals surface area (Å²) < 4.78 is 34.5. The second-order valence-electron chi connectivity index (χ2n) is 8.35. The van der Waals surface area contributed by atoms with Crippen LogP contribution < -0.4 is 9.04 Å². The Morgan fingerprint density at radius 3 is 2.70 bits per heavy atom. The van der Waals surface area contributed by atoms with E-state index in [-0.39, 0.29) is 22.6 Å². The lowest BCUT2D eigenvalue weighted by Gasteiger charge is -2.31. The van der Waals surface area contributed by atoms with E-state index >= 15 is 0 Å². The van der Waals surface area contributed by atoms with Crippen LogP contribution in [0.4, 0.5) is 5.69 Å². The number of nitrogens with zero attached hydrogens (tertiary/aromatic N) is 2. The molecule has 3 heterocycles. The molecule has 8 heteroatoms. The maximum absolute atomic E-state index is 13.8. The molecular weight excluding hydrogens is 456 g/mol. The van der Waals surface area contributed by atoms with Gasteiger partial charge in [-0.15, -0.1) is 11.3 Å². The van der Waals surface area contributed by atoms with Gasteiger partial charge in [0.25, 0.3) is 15.9 Å². The summed E-state index contributed by atoms with van der Waals surface area (Å²) in [6.07, 6.45) is 3.43. The van der Waals surface area contributed by atoms with Crippen molar-refractivity contribution >= 4 is 33.0 Å². The first kappa shape index (κ1) is 22.0. The number of hydrogen-bond donors (Lipinski definition) is 0. The second kappa shape index (κ2) is 8.83. The zero-order valence-electron chi connectivity index (χ0n) is 18.4. The van der Waals surface area contributed by atoms with Gasteiger partial charge in [-0.1, -0.05) is 24.3 Å². The standard InChI is InChI=1S/C25H26N2O4S2/c1-31-22-13-12-19(25(28)26-14-5-10-21(26)23-11-6-16-32-23)17-24(22)33(29,30)27-15-4-8-18-7-2-3-9-20(18)27/h2-3,6-7,9,11-13,16-17,21H,4-5,8,10,14-15H2,1H3/t21-/m1/s1. The average Bonchev–Trinajstić information content (AvgIpc) is 3.54. The van der Waals surface area contributed by atoms with E-state index in [4.69, 9.17) is 4.74 Å². The van der Waals surface area contributed by atoms with Crippen LogP contribution in [0.3, 0.4) is 0 Å². The van der Waals surface area contributed by atoms with Crippen LogP contribution in [0, 0.1) is 0 Å². The number of anilines is 1. The number of thiophene rings is 1. The Morgan fingerprint density at radius 1 is 1.06 bits per heavy atom. The quantitative estimate of drug-likeness (QED) is 0.520. The smallest absolute Gasteiger partial charge is 0.268 e. The number of methoxy groups -OCH3 is 1. The summed E-state index contributed by atoms with van der Waals surface area (Å²) in [4.78, 5) is 16.5. The van der Waals surface area contributed by atoms with E-state index < -0.39 is 10.0 Å². The SMILES string of the molecule is COc1ccc(C(=O)N2CCC[C@@H]2c2cccs2)cc1S(=O)(=O)N1CCCc2ccccc21. The van der Waals surface area contributed by atoms with E-state index in [0.29, 0.717) is 24.3 Å². The van der Waals surface area contributed by atoms with E-state index in [2.05, 4.69) is 6.07 Å². The number of fused-ring (bicyclic) bond motifs is 1. The molecule has 1 aromatic heterocycles. The summed E-state index contributed by atoms with van der Waals surface area (Å²) in [7, 11) is -2.46. The van der Waals surface area contributed by atoms with Crippen molar-refractivity contribution in [2.75, 3.05) is 24.5 Å².